The highest BCUT2D eigenvalue weighted by Crippen LogP contribution is 2.23. The molecular weight excluding hydrogens is 258 g/mol. The summed E-state index contributed by atoms with van der Waals surface area (Å²) in [6.07, 6.45) is 3.85. The molecule has 1 aliphatic rings. The first-order chi connectivity index (χ1) is 9.92. The summed E-state index contributed by atoms with van der Waals surface area (Å²) >= 11 is 0. The van der Waals surface area contributed by atoms with Gasteiger partial charge in [0.15, 0.2) is 0 Å². The van der Waals surface area contributed by atoms with Gasteiger partial charge in [0.1, 0.15) is 0 Å². The number of likely N-dealkylation sites (tertiary alicyclic amines) is 1. The van der Waals surface area contributed by atoms with E-state index < -0.39 is 0 Å². The molecule has 0 aromatic heterocycles. The maximum atomic E-state index is 3.75. The molecule has 1 heterocycles. The number of nitrogens with one attached hydrogen (secondary N) is 1. The quantitative estimate of drug-likeness (QED) is 0.705. The zero-order chi connectivity index (χ0) is 15.9. The summed E-state index contributed by atoms with van der Waals surface area (Å²) < 4.78 is 0. The van der Waals surface area contributed by atoms with Crippen molar-refractivity contribution in [3.05, 3.63) is 0 Å². The third-order valence-corrected chi connectivity index (χ3v) is 5.00. The van der Waals surface area contributed by atoms with Crippen LogP contribution in [0.2, 0.25) is 0 Å². The van der Waals surface area contributed by atoms with E-state index in [1.165, 1.54) is 52.0 Å². The van der Waals surface area contributed by atoms with Crippen molar-refractivity contribution >= 4 is 0 Å². The fourth-order valence-electron chi connectivity index (χ4n) is 3.52. The number of likely N-dealkylation sites (N-methyl/N-ethyl adjacent to an activating group) is 1. The third kappa shape index (κ3) is 6.25. The van der Waals surface area contributed by atoms with E-state index in [9.17, 15) is 0 Å². The zero-order valence-electron chi connectivity index (χ0n) is 15.4. The van der Waals surface area contributed by atoms with Gasteiger partial charge < -0.3 is 10.2 Å². The lowest BCUT2D eigenvalue weighted by molar-refractivity contribution is 0.194. The van der Waals surface area contributed by atoms with Crippen LogP contribution in [0.4, 0.5) is 0 Å². The Hall–Kier alpha value is -0.120. The molecule has 0 aromatic rings. The number of rotatable bonds is 9. The Morgan fingerprint density at radius 2 is 1.86 bits per heavy atom. The Kier molecular flexibility index (Phi) is 8.22. The van der Waals surface area contributed by atoms with Gasteiger partial charge in [-0.15, -0.1) is 0 Å². The molecule has 1 rings (SSSR count). The normalized spacial score (nSPS) is 22.1. The number of hydrogen-bond acceptors (Lipinski definition) is 3. The standard InChI is InChI=1S/C18H39N3/c1-7-12-19-17(18(4,5)6)11-14-20-13-10-16(15-20)21(8-2)9-3/h16-17,19H,7-15H2,1-6H3. The van der Waals surface area contributed by atoms with E-state index in [1.54, 1.807) is 0 Å². The molecule has 1 N–H and O–H groups in total. The predicted molar refractivity (Wildman–Crippen MR) is 93.9 cm³/mol. The average molecular weight is 298 g/mol. The van der Waals surface area contributed by atoms with Crippen molar-refractivity contribution in [2.24, 2.45) is 5.41 Å². The Morgan fingerprint density at radius 3 is 2.38 bits per heavy atom. The topological polar surface area (TPSA) is 18.5 Å². The maximum Gasteiger partial charge on any atom is 0.0235 e. The SMILES string of the molecule is CCCNC(CCN1CCC(N(CC)CC)C1)C(C)(C)C. The lowest BCUT2D eigenvalue weighted by Gasteiger charge is -2.33. The smallest absolute Gasteiger partial charge is 0.0235 e. The molecule has 0 aliphatic carbocycles. The van der Waals surface area contributed by atoms with Crippen molar-refractivity contribution in [3.8, 4) is 0 Å². The van der Waals surface area contributed by atoms with E-state index in [0.717, 1.165) is 12.6 Å². The van der Waals surface area contributed by atoms with Crippen LogP contribution in [0.15, 0.2) is 0 Å². The Labute approximate surface area is 133 Å². The van der Waals surface area contributed by atoms with Crippen molar-refractivity contribution in [1.29, 1.82) is 0 Å². The summed E-state index contributed by atoms with van der Waals surface area (Å²) in [7, 11) is 0. The van der Waals surface area contributed by atoms with Crippen LogP contribution in [-0.2, 0) is 0 Å². The van der Waals surface area contributed by atoms with E-state index in [0.29, 0.717) is 11.5 Å². The molecule has 21 heavy (non-hydrogen) atoms. The van der Waals surface area contributed by atoms with Gasteiger partial charge >= 0.3 is 0 Å². The highest BCUT2D eigenvalue weighted by molar-refractivity contribution is 4.86. The summed E-state index contributed by atoms with van der Waals surface area (Å²) in [5.41, 5.74) is 0.354. The van der Waals surface area contributed by atoms with Crippen LogP contribution in [0, 0.1) is 5.41 Å². The second-order valence-corrected chi connectivity index (χ2v) is 7.63. The van der Waals surface area contributed by atoms with E-state index in [1.807, 2.05) is 0 Å². The van der Waals surface area contributed by atoms with E-state index in [2.05, 4.69) is 56.7 Å². The van der Waals surface area contributed by atoms with Gasteiger partial charge in [-0.2, -0.15) is 0 Å². The Balaban J connectivity index is 2.39. The minimum atomic E-state index is 0.354. The van der Waals surface area contributed by atoms with Crippen LogP contribution >= 0.6 is 0 Å². The Bertz CT molecular complexity index is 268. The van der Waals surface area contributed by atoms with Gasteiger partial charge in [-0.3, -0.25) is 4.90 Å². The maximum absolute atomic E-state index is 3.75. The lowest BCUT2D eigenvalue weighted by Crippen LogP contribution is -2.43. The lowest BCUT2D eigenvalue weighted by atomic mass is 9.84. The van der Waals surface area contributed by atoms with Gasteiger partial charge in [-0.05, 0) is 57.4 Å². The molecule has 1 saturated heterocycles. The molecule has 0 amide bonds. The summed E-state index contributed by atoms with van der Waals surface area (Å²) in [6, 6.07) is 1.42. The summed E-state index contributed by atoms with van der Waals surface area (Å²) in [5, 5.41) is 3.75. The van der Waals surface area contributed by atoms with E-state index in [-0.39, 0.29) is 0 Å². The fourth-order valence-corrected chi connectivity index (χ4v) is 3.52. The molecule has 0 spiro atoms. The van der Waals surface area contributed by atoms with Crippen LogP contribution in [0.3, 0.4) is 0 Å². The number of nitrogens with zero attached hydrogens (tertiary/aromatic N) is 2. The monoisotopic (exact) mass is 297 g/mol. The highest BCUT2D eigenvalue weighted by atomic mass is 15.2. The largest absolute Gasteiger partial charge is 0.313 e. The van der Waals surface area contributed by atoms with Crippen molar-refractivity contribution in [1.82, 2.24) is 15.1 Å². The predicted octanol–water partition coefficient (Wildman–Crippen LogP) is 3.21. The second-order valence-electron chi connectivity index (χ2n) is 7.63. The zero-order valence-corrected chi connectivity index (χ0v) is 15.4. The Morgan fingerprint density at radius 1 is 1.19 bits per heavy atom. The van der Waals surface area contributed by atoms with E-state index >= 15 is 0 Å². The highest BCUT2D eigenvalue weighted by Gasteiger charge is 2.28. The van der Waals surface area contributed by atoms with Gasteiger partial charge in [0.05, 0.1) is 0 Å². The molecule has 2 atom stereocenters. The first kappa shape index (κ1) is 18.9. The first-order valence-corrected chi connectivity index (χ1v) is 9.12. The summed E-state index contributed by atoms with van der Waals surface area (Å²) in [5.74, 6) is 0. The molecule has 2 unspecified atom stereocenters. The number of hydrogen-bond donors (Lipinski definition) is 1. The molecule has 3 heteroatoms. The van der Waals surface area contributed by atoms with Crippen molar-refractivity contribution in [3.63, 3.8) is 0 Å². The van der Waals surface area contributed by atoms with Crippen LogP contribution in [0.1, 0.15) is 60.8 Å². The van der Waals surface area contributed by atoms with Gasteiger partial charge in [0.2, 0.25) is 0 Å². The van der Waals surface area contributed by atoms with Crippen molar-refractivity contribution in [2.45, 2.75) is 72.9 Å². The van der Waals surface area contributed by atoms with Gasteiger partial charge in [0, 0.05) is 18.6 Å². The van der Waals surface area contributed by atoms with Crippen LogP contribution in [0.25, 0.3) is 0 Å². The molecule has 0 radical (unpaired) electrons. The van der Waals surface area contributed by atoms with Gasteiger partial charge in [-0.1, -0.05) is 41.5 Å². The molecule has 0 bridgehead atoms. The molecule has 1 aliphatic heterocycles. The first-order valence-electron chi connectivity index (χ1n) is 9.12. The third-order valence-electron chi connectivity index (χ3n) is 5.00. The molecule has 1 fully saturated rings. The second kappa shape index (κ2) is 9.12. The molecule has 0 saturated carbocycles. The average Bonchev–Trinajstić information content (AvgIpc) is 2.87. The van der Waals surface area contributed by atoms with Crippen LogP contribution < -0.4 is 5.32 Å². The van der Waals surface area contributed by atoms with E-state index in [4.69, 9.17) is 0 Å². The van der Waals surface area contributed by atoms with Crippen molar-refractivity contribution < 1.29 is 0 Å². The minimum absolute atomic E-state index is 0.354. The summed E-state index contributed by atoms with van der Waals surface area (Å²) in [4.78, 5) is 5.30. The van der Waals surface area contributed by atoms with Gasteiger partial charge in [0.25, 0.3) is 0 Å². The molecule has 0 aromatic carbocycles. The van der Waals surface area contributed by atoms with Gasteiger partial charge in [-0.25, -0.2) is 0 Å². The summed E-state index contributed by atoms with van der Waals surface area (Å²) in [6.45, 7) is 21.2. The fraction of sp³-hybridized carbons (Fsp3) is 1.00. The van der Waals surface area contributed by atoms with Crippen LogP contribution in [0.5, 0.6) is 0 Å². The van der Waals surface area contributed by atoms with Crippen molar-refractivity contribution in [2.75, 3.05) is 39.3 Å². The molecule has 3 nitrogen and oxygen atoms in total. The minimum Gasteiger partial charge on any atom is -0.313 e. The molecule has 126 valence electrons. The van der Waals surface area contributed by atoms with Crippen LogP contribution in [-0.4, -0.2) is 61.2 Å². The molecular formula is C18H39N3.